The van der Waals surface area contributed by atoms with Gasteiger partial charge in [-0.1, -0.05) is 31.8 Å². The van der Waals surface area contributed by atoms with Crippen LogP contribution in [0.15, 0.2) is 18.2 Å². The van der Waals surface area contributed by atoms with E-state index >= 15 is 0 Å². The van der Waals surface area contributed by atoms with Crippen molar-refractivity contribution in [1.82, 2.24) is 5.32 Å². The zero-order valence-electron chi connectivity index (χ0n) is 13.0. The van der Waals surface area contributed by atoms with Crippen molar-refractivity contribution in [3.63, 3.8) is 0 Å². The highest BCUT2D eigenvalue weighted by Crippen LogP contribution is 2.28. The molecule has 0 atom stereocenters. The predicted octanol–water partition coefficient (Wildman–Crippen LogP) is 3.80. The van der Waals surface area contributed by atoms with Crippen molar-refractivity contribution < 1.29 is 9.47 Å². The average molecular weight is 312 g/mol. The summed E-state index contributed by atoms with van der Waals surface area (Å²) in [7, 11) is 0. The van der Waals surface area contributed by atoms with Crippen LogP contribution in [0.25, 0.3) is 0 Å². The molecule has 0 spiro atoms. The molecule has 0 saturated heterocycles. The van der Waals surface area contributed by atoms with Gasteiger partial charge in [-0.2, -0.15) is 0 Å². The van der Waals surface area contributed by atoms with Crippen LogP contribution in [0.2, 0.25) is 0 Å². The van der Waals surface area contributed by atoms with Crippen LogP contribution in [0.1, 0.15) is 38.7 Å². The van der Waals surface area contributed by atoms with E-state index in [1.165, 1.54) is 24.8 Å². The summed E-state index contributed by atoms with van der Waals surface area (Å²) in [6.07, 6.45) is 8.95. The monoisotopic (exact) mass is 311 g/mol. The highest BCUT2D eigenvalue weighted by Gasteiger charge is 2.06. The van der Waals surface area contributed by atoms with E-state index in [0.717, 1.165) is 18.8 Å². The first-order valence-corrected chi connectivity index (χ1v) is 7.34. The molecule has 0 unspecified atom stereocenters. The van der Waals surface area contributed by atoms with Crippen molar-refractivity contribution in [1.29, 1.82) is 0 Å². The first-order chi connectivity index (χ1) is 9.81. The van der Waals surface area contributed by atoms with Gasteiger partial charge in [-0.3, -0.25) is 0 Å². The Bertz CT molecular complexity index is 429. The van der Waals surface area contributed by atoms with Crippen molar-refractivity contribution in [3.8, 4) is 23.8 Å². The van der Waals surface area contributed by atoms with Crippen LogP contribution in [-0.2, 0) is 6.54 Å². The van der Waals surface area contributed by atoms with E-state index in [-0.39, 0.29) is 19.0 Å². The van der Waals surface area contributed by atoms with E-state index in [9.17, 15) is 0 Å². The second kappa shape index (κ2) is 12.4. The molecule has 118 valence electrons. The van der Waals surface area contributed by atoms with Gasteiger partial charge in [-0.15, -0.1) is 18.8 Å². The number of ether oxygens (including phenoxy) is 2. The maximum absolute atomic E-state index is 5.60. The Morgan fingerprint density at radius 3 is 2.62 bits per heavy atom. The number of rotatable bonds is 10. The first-order valence-electron chi connectivity index (χ1n) is 7.34. The lowest BCUT2D eigenvalue weighted by atomic mass is 10.2. The van der Waals surface area contributed by atoms with Crippen molar-refractivity contribution in [3.05, 3.63) is 23.8 Å². The van der Waals surface area contributed by atoms with Crippen LogP contribution in [0.4, 0.5) is 0 Å². The Morgan fingerprint density at radius 2 is 1.95 bits per heavy atom. The van der Waals surface area contributed by atoms with Gasteiger partial charge in [0.05, 0.1) is 6.61 Å². The SMILES string of the molecule is C#CCOc1ccc(CNCCCCC)cc1OCC.Cl. The second-order valence-corrected chi connectivity index (χ2v) is 4.59. The van der Waals surface area contributed by atoms with Crippen LogP contribution in [0.5, 0.6) is 11.5 Å². The first kappa shape index (κ1) is 19.6. The molecule has 0 amide bonds. The van der Waals surface area contributed by atoms with Gasteiger partial charge in [0.15, 0.2) is 11.5 Å². The van der Waals surface area contributed by atoms with Gasteiger partial charge in [-0.05, 0) is 37.6 Å². The van der Waals surface area contributed by atoms with Crippen LogP contribution in [0, 0.1) is 12.3 Å². The number of halogens is 1. The average Bonchev–Trinajstić information content (AvgIpc) is 2.46. The molecule has 1 aromatic rings. The van der Waals surface area contributed by atoms with Crippen molar-refractivity contribution >= 4 is 12.4 Å². The molecule has 1 N–H and O–H groups in total. The summed E-state index contributed by atoms with van der Waals surface area (Å²) in [5.41, 5.74) is 1.19. The lowest BCUT2D eigenvalue weighted by Gasteiger charge is -2.12. The minimum Gasteiger partial charge on any atom is -0.490 e. The molecule has 0 aliphatic heterocycles. The largest absolute Gasteiger partial charge is 0.490 e. The molecule has 0 radical (unpaired) electrons. The second-order valence-electron chi connectivity index (χ2n) is 4.59. The normalized spacial score (nSPS) is 9.57. The fourth-order valence-corrected chi connectivity index (χ4v) is 1.90. The molecule has 1 rings (SSSR count). The van der Waals surface area contributed by atoms with Gasteiger partial charge >= 0.3 is 0 Å². The maximum Gasteiger partial charge on any atom is 0.162 e. The molecule has 4 heteroatoms. The molecule has 3 nitrogen and oxygen atoms in total. The number of nitrogens with one attached hydrogen (secondary N) is 1. The minimum absolute atomic E-state index is 0. The molecule has 0 fully saturated rings. The molecule has 0 heterocycles. The standard InChI is InChI=1S/C17H25NO2.ClH/c1-4-7-8-11-18-14-15-9-10-16(20-12-5-2)17(13-15)19-6-3;/h2,9-10,13,18H,4,6-8,11-12,14H2,1,3H3;1H. The molecule has 0 aliphatic carbocycles. The Balaban J connectivity index is 0.00000400. The third kappa shape index (κ3) is 7.84. The predicted molar refractivity (Wildman–Crippen MR) is 90.4 cm³/mol. The van der Waals surface area contributed by atoms with Gasteiger partial charge < -0.3 is 14.8 Å². The highest BCUT2D eigenvalue weighted by atomic mass is 35.5. The number of unbranched alkanes of at least 4 members (excludes halogenated alkanes) is 2. The summed E-state index contributed by atoms with van der Waals surface area (Å²) < 4.78 is 11.1. The summed E-state index contributed by atoms with van der Waals surface area (Å²) in [5.74, 6) is 3.93. The smallest absolute Gasteiger partial charge is 0.162 e. The zero-order chi connectivity index (χ0) is 14.6. The molecule has 0 bridgehead atoms. The van der Waals surface area contributed by atoms with E-state index in [1.54, 1.807) is 0 Å². The molecular formula is C17H26ClNO2. The van der Waals surface area contributed by atoms with Gasteiger partial charge in [0.25, 0.3) is 0 Å². The highest BCUT2D eigenvalue weighted by molar-refractivity contribution is 5.85. The minimum atomic E-state index is 0. The molecule has 0 aromatic heterocycles. The van der Waals surface area contributed by atoms with Gasteiger partial charge in [0, 0.05) is 6.54 Å². The van der Waals surface area contributed by atoms with E-state index in [4.69, 9.17) is 15.9 Å². The fourth-order valence-electron chi connectivity index (χ4n) is 1.90. The van der Waals surface area contributed by atoms with Crippen LogP contribution in [0.3, 0.4) is 0 Å². The van der Waals surface area contributed by atoms with Gasteiger partial charge in [0.2, 0.25) is 0 Å². The molecule has 1 aromatic carbocycles. The summed E-state index contributed by atoms with van der Waals surface area (Å²) in [5, 5.41) is 3.44. The third-order valence-electron chi connectivity index (χ3n) is 2.91. The van der Waals surface area contributed by atoms with Crippen LogP contribution >= 0.6 is 12.4 Å². The number of benzene rings is 1. The number of terminal acetylenes is 1. The third-order valence-corrected chi connectivity index (χ3v) is 2.91. The number of hydrogen-bond acceptors (Lipinski definition) is 3. The Morgan fingerprint density at radius 1 is 1.14 bits per heavy atom. The van der Waals surface area contributed by atoms with Gasteiger partial charge in [0.1, 0.15) is 6.61 Å². The van der Waals surface area contributed by atoms with E-state index in [2.05, 4.69) is 18.2 Å². The van der Waals surface area contributed by atoms with Gasteiger partial charge in [-0.25, -0.2) is 0 Å². The molecular weight excluding hydrogens is 286 g/mol. The quantitative estimate of drug-likeness (QED) is 0.526. The van der Waals surface area contributed by atoms with E-state index < -0.39 is 0 Å². The maximum atomic E-state index is 5.60. The summed E-state index contributed by atoms with van der Waals surface area (Å²) >= 11 is 0. The summed E-state index contributed by atoms with van der Waals surface area (Å²) in [6.45, 7) is 6.94. The number of hydrogen-bond donors (Lipinski definition) is 1. The Kier molecular flexibility index (Phi) is 11.6. The summed E-state index contributed by atoms with van der Waals surface area (Å²) in [4.78, 5) is 0. The van der Waals surface area contributed by atoms with E-state index in [1.807, 2.05) is 25.1 Å². The van der Waals surface area contributed by atoms with Crippen molar-refractivity contribution in [2.75, 3.05) is 19.8 Å². The zero-order valence-corrected chi connectivity index (χ0v) is 13.8. The lowest BCUT2D eigenvalue weighted by molar-refractivity contribution is 0.299. The van der Waals surface area contributed by atoms with Crippen LogP contribution < -0.4 is 14.8 Å². The molecule has 21 heavy (non-hydrogen) atoms. The topological polar surface area (TPSA) is 30.5 Å². The summed E-state index contributed by atoms with van der Waals surface area (Å²) in [6, 6.07) is 5.98. The lowest BCUT2D eigenvalue weighted by Crippen LogP contribution is -2.14. The van der Waals surface area contributed by atoms with Crippen molar-refractivity contribution in [2.45, 2.75) is 39.7 Å². The van der Waals surface area contributed by atoms with E-state index in [0.29, 0.717) is 12.4 Å². The van der Waals surface area contributed by atoms with Crippen LogP contribution in [-0.4, -0.2) is 19.8 Å². The van der Waals surface area contributed by atoms with Crippen molar-refractivity contribution in [2.24, 2.45) is 0 Å². The molecule has 0 aliphatic rings. The fraction of sp³-hybridized carbons (Fsp3) is 0.529. The molecule has 0 saturated carbocycles. The Labute approximate surface area is 134 Å². The Hall–Kier alpha value is -1.37.